The number of aliphatic hydroxyl groups excluding tert-OH is 1. The van der Waals surface area contributed by atoms with Crippen LogP contribution in [0.3, 0.4) is 0 Å². The number of benzene rings is 1. The standard InChI is InChI=1S/C11H10ClFN2O/c12-11-3-9(13)2-1-8(11)4-15-5-10(6-16)14-7-15/h1-3,5,7,16H,4,6H2. The third kappa shape index (κ3) is 2.40. The normalized spacial score (nSPS) is 10.7. The quantitative estimate of drug-likeness (QED) is 0.893. The maximum atomic E-state index is 12.8. The minimum atomic E-state index is -0.351. The summed E-state index contributed by atoms with van der Waals surface area (Å²) in [6.45, 7) is 0.413. The van der Waals surface area contributed by atoms with E-state index < -0.39 is 0 Å². The third-order valence-corrected chi connectivity index (χ3v) is 2.57. The topological polar surface area (TPSA) is 38.0 Å². The Bertz CT molecular complexity index is 498. The second-order valence-corrected chi connectivity index (χ2v) is 3.84. The van der Waals surface area contributed by atoms with Crippen molar-refractivity contribution < 1.29 is 9.50 Å². The Morgan fingerprint density at radius 3 is 2.88 bits per heavy atom. The summed E-state index contributed by atoms with van der Waals surface area (Å²) in [6, 6.07) is 4.28. The van der Waals surface area contributed by atoms with Gasteiger partial charge in [0, 0.05) is 17.8 Å². The Kier molecular flexibility index (Phi) is 3.22. The predicted octanol–water partition coefficient (Wildman–Crippen LogP) is 2.22. The van der Waals surface area contributed by atoms with Crippen molar-refractivity contribution in [1.82, 2.24) is 9.55 Å². The van der Waals surface area contributed by atoms with Gasteiger partial charge in [-0.25, -0.2) is 9.37 Å². The molecule has 1 N–H and O–H groups in total. The number of imidazole rings is 1. The molecule has 1 aromatic carbocycles. The monoisotopic (exact) mass is 240 g/mol. The number of halogens is 2. The van der Waals surface area contributed by atoms with Crippen LogP contribution in [0.1, 0.15) is 11.3 Å². The molecule has 0 aliphatic heterocycles. The van der Waals surface area contributed by atoms with E-state index in [0.29, 0.717) is 17.3 Å². The molecule has 1 heterocycles. The van der Waals surface area contributed by atoms with Crippen LogP contribution in [-0.4, -0.2) is 14.7 Å². The molecule has 16 heavy (non-hydrogen) atoms. The fraction of sp³-hybridized carbons (Fsp3) is 0.182. The number of hydrogen-bond donors (Lipinski definition) is 1. The Morgan fingerprint density at radius 2 is 2.25 bits per heavy atom. The summed E-state index contributed by atoms with van der Waals surface area (Å²) in [5, 5.41) is 9.24. The fourth-order valence-electron chi connectivity index (χ4n) is 1.42. The maximum Gasteiger partial charge on any atom is 0.124 e. The van der Waals surface area contributed by atoms with E-state index in [1.807, 2.05) is 0 Å². The van der Waals surface area contributed by atoms with E-state index in [-0.39, 0.29) is 12.4 Å². The first-order chi connectivity index (χ1) is 7.69. The van der Waals surface area contributed by atoms with Gasteiger partial charge in [-0.2, -0.15) is 0 Å². The number of aliphatic hydroxyl groups is 1. The van der Waals surface area contributed by atoms with Crippen molar-refractivity contribution >= 4 is 11.6 Å². The molecule has 0 radical (unpaired) electrons. The van der Waals surface area contributed by atoms with Crippen LogP contribution in [0.15, 0.2) is 30.7 Å². The lowest BCUT2D eigenvalue weighted by Gasteiger charge is -2.04. The molecule has 0 aliphatic carbocycles. The predicted molar refractivity (Wildman–Crippen MR) is 58.7 cm³/mol. The van der Waals surface area contributed by atoms with E-state index in [2.05, 4.69) is 4.98 Å². The van der Waals surface area contributed by atoms with Crippen LogP contribution in [0.4, 0.5) is 4.39 Å². The van der Waals surface area contributed by atoms with Crippen LogP contribution in [0.5, 0.6) is 0 Å². The van der Waals surface area contributed by atoms with Crippen molar-refractivity contribution in [3.8, 4) is 0 Å². The van der Waals surface area contributed by atoms with E-state index in [9.17, 15) is 4.39 Å². The Labute approximate surface area is 97.1 Å². The van der Waals surface area contributed by atoms with Gasteiger partial charge in [0.25, 0.3) is 0 Å². The molecule has 1 aromatic heterocycles. The Balaban J connectivity index is 2.20. The Morgan fingerprint density at radius 1 is 1.44 bits per heavy atom. The van der Waals surface area contributed by atoms with Crippen LogP contribution in [-0.2, 0) is 13.2 Å². The molecule has 0 amide bonds. The van der Waals surface area contributed by atoms with Crippen LogP contribution in [0.2, 0.25) is 5.02 Å². The first kappa shape index (κ1) is 11.1. The molecule has 0 aliphatic rings. The number of rotatable bonds is 3. The first-order valence-corrected chi connectivity index (χ1v) is 5.12. The van der Waals surface area contributed by atoms with Gasteiger partial charge in [0.15, 0.2) is 0 Å². The van der Waals surface area contributed by atoms with Gasteiger partial charge in [-0.1, -0.05) is 17.7 Å². The van der Waals surface area contributed by atoms with Gasteiger partial charge >= 0.3 is 0 Å². The van der Waals surface area contributed by atoms with Crippen molar-refractivity contribution in [2.75, 3.05) is 0 Å². The van der Waals surface area contributed by atoms with Gasteiger partial charge in [-0.3, -0.25) is 0 Å². The highest BCUT2D eigenvalue weighted by Crippen LogP contribution is 2.18. The molecule has 84 valence electrons. The molecule has 0 fully saturated rings. The largest absolute Gasteiger partial charge is 0.390 e. The lowest BCUT2D eigenvalue weighted by Crippen LogP contribution is -1.97. The van der Waals surface area contributed by atoms with E-state index in [1.165, 1.54) is 12.1 Å². The molecule has 2 aromatic rings. The molecule has 3 nitrogen and oxygen atoms in total. The van der Waals surface area contributed by atoms with Crippen molar-refractivity contribution in [3.63, 3.8) is 0 Å². The molecule has 0 bridgehead atoms. The molecule has 0 saturated heterocycles. The zero-order chi connectivity index (χ0) is 11.5. The summed E-state index contributed by atoms with van der Waals surface area (Å²) in [6.07, 6.45) is 3.32. The first-order valence-electron chi connectivity index (χ1n) is 4.74. The van der Waals surface area contributed by atoms with E-state index in [1.54, 1.807) is 23.2 Å². The average Bonchev–Trinajstić information content (AvgIpc) is 2.70. The smallest absolute Gasteiger partial charge is 0.124 e. The minimum absolute atomic E-state index is 0.0931. The molecule has 0 spiro atoms. The van der Waals surface area contributed by atoms with Crippen molar-refractivity contribution in [2.45, 2.75) is 13.2 Å². The molecular weight excluding hydrogens is 231 g/mol. The molecule has 0 saturated carbocycles. The van der Waals surface area contributed by atoms with Crippen LogP contribution in [0.25, 0.3) is 0 Å². The zero-order valence-corrected chi connectivity index (χ0v) is 9.15. The summed E-state index contributed by atoms with van der Waals surface area (Å²) < 4.78 is 14.6. The summed E-state index contributed by atoms with van der Waals surface area (Å²) in [5.74, 6) is -0.351. The second-order valence-electron chi connectivity index (χ2n) is 3.43. The van der Waals surface area contributed by atoms with Crippen molar-refractivity contribution in [1.29, 1.82) is 0 Å². The molecule has 0 atom stereocenters. The van der Waals surface area contributed by atoms with Gasteiger partial charge in [-0.15, -0.1) is 0 Å². The molecule has 2 rings (SSSR count). The van der Waals surface area contributed by atoms with Gasteiger partial charge in [0.05, 0.1) is 18.6 Å². The lowest BCUT2D eigenvalue weighted by molar-refractivity contribution is 0.277. The van der Waals surface area contributed by atoms with Crippen LogP contribution >= 0.6 is 11.6 Å². The molecular formula is C11H10ClFN2O. The minimum Gasteiger partial charge on any atom is -0.390 e. The van der Waals surface area contributed by atoms with Crippen LogP contribution in [0, 0.1) is 5.82 Å². The van der Waals surface area contributed by atoms with Gasteiger partial charge in [-0.05, 0) is 17.7 Å². The van der Waals surface area contributed by atoms with E-state index in [4.69, 9.17) is 16.7 Å². The summed E-state index contributed by atoms with van der Waals surface area (Å²) in [5.41, 5.74) is 1.41. The summed E-state index contributed by atoms with van der Waals surface area (Å²) in [4.78, 5) is 3.97. The SMILES string of the molecule is OCc1cn(Cc2ccc(F)cc2Cl)cn1. The van der Waals surface area contributed by atoms with Gasteiger partial charge < -0.3 is 9.67 Å². The highest BCUT2D eigenvalue weighted by atomic mass is 35.5. The van der Waals surface area contributed by atoms with E-state index in [0.717, 1.165) is 5.56 Å². The fourth-order valence-corrected chi connectivity index (χ4v) is 1.65. The summed E-state index contributed by atoms with van der Waals surface area (Å²) in [7, 11) is 0. The zero-order valence-electron chi connectivity index (χ0n) is 8.40. The average molecular weight is 241 g/mol. The highest BCUT2D eigenvalue weighted by Gasteiger charge is 2.03. The lowest BCUT2D eigenvalue weighted by atomic mass is 10.2. The Hall–Kier alpha value is -1.39. The van der Waals surface area contributed by atoms with Gasteiger partial charge in [0.1, 0.15) is 5.82 Å². The number of hydrogen-bond acceptors (Lipinski definition) is 2. The molecule has 0 unspecified atom stereocenters. The highest BCUT2D eigenvalue weighted by molar-refractivity contribution is 6.31. The number of nitrogens with zero attached hydrogens (tertiary/aromatic N) is 2. The van der Waals surface area contributed by atoms with Gasteiger partial charge in [0.2, 0.25) is 0 Å². The maximum absolute atomic E-state index is 12.8. The van der Waals surface area contributed by atoms with Crippen molar-refractivity contribution in [2.24, 2.45) is 0 Å². The van der Waals surface area contributed by atoms with E-state index >= 15 is 0 Å². The number of aromatic nitrogens is 2. The molecule has 5 heteroatoms. The second kappa shape index (κ2) is 4.63. The van der Waals surface area contributed by atoms with Crippen molar-refractivity contribution in [3.05, 3.63) is 52.8 Å². The summed E-state index contributed by atoms with van der Waals surface area (Å²) >= 11 is 5.90. The third-order valence-electron chi connectivity index (χ3n) is 2.22. The van der Waals surface area contributed by atoms with Crippen LogP contribution < -0.4 is 0 Å².